The molecule has 9 heteroatoms. The highest BCUT2D eigenvalue weighted by Crippen LogP contribution is 2.23. The minimum absolute atomic E-state index is 0.0295. The summed E-state index contributed by atoms with van der Waals surface area (Å²) < 4.78 is 0. The van der Waals surface area contributed by atoms with Crippen molar-refractivity contribution in [3.05, 3.63) is 22.6 Å². The van der Waals surface area contributed by atoms with Crippen molar-refractivity contribution in [1.29, 1.82) is 0 Å². The number of carbonyl (C=O) groups is 2. The van der Waals surface area contributed by atoms with E-state index in [0.717, 1.165) is 26.2 Å². The fraction of sp³-hybridized carbons (Fsp3) is 0.600. The molecule has 2 fully saturated rings. The molecule has 0 spiro atoms. The molecule has 9 nitrogen and oxygen atoms in total. The summed E-state index contributed by atoms with van der Waals surface area (Å²) in [6.45, 7) is 3.36. The number of aromatic amines is 2. The molecule has 0 aromatic carbocycles. The Morgan fingerprint density at radius 2 is 1.79 bits per heavy atom. The molecule has 29 heavy (non-hydrogen) atoms. The highest BCUT2D eigenvalue weighted by Gasteiger charge is 2.27. The van der Waals surface area contributed by atoms with Gasteiger partial charge in [-0.3, -0.25) is 19.5 Å². The maximum atomic E-state index is 12.5. The van der Waals surface area contributed by atoms with Crippen LogP contribution in [0, 0.1) is 0 Å². The van der Waals surface area contributed by atoms with E-state index in [-0.39, 0.29) is 30.3 Å². The fourth-order valence-corrected chi connectivity index (χ4v) is 4.35. The van der Waals surface area contributed by atoms with Crippen LogP contribution in [0.5, 0.6) is 0 Å². The van der Waals surface area contributed by atoms with Crippen LogP contribution < -0.4 is 11.0 Å². The molecule has 3 N–H and O–H groups in total. The van der Waals surface area contributed by atoms with Crippen molar-refractivity contribution < 1.29 is 9.59 Å². The van der Waals surface area contributed by atoms with E-state index >= 15 is 0 Å². The molecular formula is C20H28N6O3. The van der Waals surface area contributed by atoms with Crippen molar-refractivity contribution in [3.63, 3.8) is 0 Å². The molecule has 0 bridgehead atoms. The molecule has 1 saturated carbocycles. The Hall–Kier alpha value is -2.68. The summed E-state index contributed by atoms with van der Waals surface area (Å²) in [4.78, 5) is 49.7. The average Bonchev–Trinajstić information content (AvgIpc) is 3.12. The van der Waals surface area contributed by atoms with Crippen molar-refractivity contribution in [2.24, 2.45) is 0 Å². The van der Waals surface area contributed by atoms with Gasteiger partial charge in [-0.1, -0.05) is 19.3 Å². The second-order valence-corrected chi connectivity index (χ2v) is 7.93. The number of nitrogens with one attached hydrogen (secondary N) is 3. The van der Waals surface area contributed by atoms with Crippen molar-refractivity contribution in [2.75, 3.05) is 31.5 Å². The lowest BCUT2D eigenvalue weighted by Crippen LogP contribution is -2.52. The summed E-state index contributed by atoms with van der Waals surface area (Å²) in [6.07, 6.45) is 6.87. The third-order valence-electron chi connectivity index (χ3n) is 5.97. The summed E-state index contributed by atoms with van der Waals surface area (Å²) >= 11 is 0. The second-order valence-electron chi connectivity index (χ2n) is 7.93. The zero-order valence-electron chi connectivity index (χ0n) is 16.6. The lowest BCUT2D eigenvalue weighted by atomic mass is 9.94. The Balaban J connectivity index is 1.21. The first-order valence-electron chi connectivity index (χ1n) is 10.5. The van der Waals surface area contributed by atoms with Crippen molar-refractivity contribution in [3.8, 4) is 0 Å². The summed E-state index contributed by atoms with van der Waals surface area (Å²) in [5.41, 5.74) is 0.625. The van der Waals surface area contributed by atoms with Gasteiger partial charge in [-0.15, -0.1) is 0 Å². The number of anilines is 1. The first-order valence-corrected chi connectivity index (χ1v) is 10.5. The average molecular weight is 400 g/mol. The number of carbonyl (C=O) groups excluding carboxylic acids is 2. The van der Waals surface area contributed by atoms with Gasteiger partial charge in [0.1, 0.15) is 5.82 Å². The molecule has 2 aromatic rings. The lowest BCUT2D eigenvalue weighted by molar-refractivity contribution is -0.134. The predicted octanol–water partition coefficient (Wildman–Crippen LogP) is 1.45. The maximum absolute atomic E-state index is 12.5. The van der Waals surface area contributed by atoms with Crippen LogP contribution in [0.3, 0.4) is 0 Å². The Labute approximate surface area is 168 Å². The summed E-state index contributed by atoms with van der Waals surface area (Å²) in [5, 5.41) is 2.69. The second kappa shape index (κ2) is 8.77. The van der Waals surface area contributed by atoms with Crippen LogP contribution in [0.2, 0.25) is 0 Å². The number of fused-ring (bicyclic) bond motifs is 1. The molecule has 156 valence electrons. The monoisotopic (exact) mass is 400 g/mol. The number of hydrogen-bond acceptors (Lipinski definition) is 5. The number of aromatic nitrogens is 3. The molecule has 1 aliphatic carbocycles. The molecular weight excluding hydrogens is 372 g/mol. The van der Waals surface area contributed by atoms with Crippen molar-refractivity contribution >= 4 is 28.8 Å². The Morgan fingerprint density at radius 1 is 1.03 bits per heavy atom. The van der Waals surface area contributed by atoms with Gasteiger partial charge < -0.3 is 15.2 Å². The summed E-state index contributed by atoms with van der Waals surface area (Å²) in [6, 6.07) is 3.98. The molecule has 0 atom stereocenters. The number of H-pyrrole nitrogens is 2. The van der Waals surface area contributed by atoms with E-state index in [1.54, 1.807) is 12.1 Å². The van der Waals surface area contributed by atoms with Crippen LogP contribution >= 0.6 is 0 Å². The van der Waals surface area contributed by atoms with E-state index in [1.165, 1.54) is 32.1 Å². The zero-order chi connectivity index (χ0) is 20.2. The van der Waals surface area contributed by atoms with Gasteiger partial charge in [-0.05, 0) is 25.0 Å². The van der Waals surface area contributed by atoms with Gasteiger partial charge in [0, 0.05) is 45.1 Å². The first-order chi connectivity index (χ1) is 14.1. The molecule has 4 rings (SSSR count). The van der Waals surface area contributed by atoms with Gasteiger partial charge in [0.25, 0.3) is 0 Å². The fourth-order valence-electron chi connectivity index (χ4n) is 4.35. The van der Waals surface area contributed by atoms with Gasteiger partial charge in [0.05, 0.1) is 5.52 Å². The van der Waals surface area contributed by atoms with Gasteiger partial charge in [-0.2, -0.15) is 0 Å². The van der Waals surface area contributed by atoms with Crippen molar-refractivity contribution in [1.82, 2.24) is 24.8 Å². The quantitative estimate of drug-likeness (QED) is 0.703. The number of piperazine rings is 1. The van der Waals surface area contributed by atoms with E-state index in [2.05, 4.69) is 25.2 Å². The number of hydrogen-bond donors (Lipinski definition) is 3. The number of imidazole rings is 1. The Bertz CT molecular complexity index is 922. The standard InChI is InChI=1S/C20H28N6O3/c27-17(22-16-7-6-15-19(23-16)24-20(29)21-15)8-9-18(28)26-12-10-25(11-13-26)14-4-2-1-3-5-14/h6-7,14H,1-5,8-13H2,(H3,21,22,23,24,27,29). The van der Waals surface area contributed by atoms with Gasteiger partial charge in [-0.25, -0.2) is 9.78 Å². The predicted molar refractivity (Wildman–Crippen MR) is 110 cm³/mol. The highest BCUT2D eigenvalue weighted by molar-refractivity contribution is 5.93. The topological polar surface area (TPSA) is 114 Å². The zero-order valence-corrected chi connectivity index (χ0v) is 16.6. The molecule has 0 unspecified atom stereocenters. The number of rotatable bonds is 5. The normalized spacial score (nSPS) is 18.8. The Kier molecular flexibility index (Phi) is 5.94. The smallest absolute Gasteiger partial charge is 0.325 e. The van der Waals surface area contributed by atoms with Crippen LogP contribution in [-0.4, -0.2) is 68.8 Å². The molecule has 2 aromatic heterocycles. The van der Waals surface area contributed by atoms with Crippen LogP contribution in [0.1, 0.15) is 44.9 Å². The molecule has 3 heterocycles. The largest absolute Gasteiger partial charge is 0.340 e. The summed E-state index contributed by atoms with van der Waals surface area (Å²) in [7, 11) is 0. The van der Waals surface area contributed by atoms with E-state index in [1.807, 2.05) is 4.90 Å². The van der Waals surface area contributed by atoms with E-state index in [0.29, 0.717) is 23.0 Å². The first kappa shape index (κ1) is 19.6. The Morgan fingerprint density at radius 3 is 2.55 bits per heavy atom. The SMILES string of the molecule is O=C(CCC(=O)N1CCN(C2CCCCC2)CC1)Nc1ccc2[nH]c(=O)[nH]c2n1. The van der Waals surface area contributed by atoms with Crippen LogP contribution in [0.25, 0.3) is 11.2 Å². The molecule has 0 radical (unpaired) electrons. The minimum atomic E-state index is -0.342. The summed E-state index contributed by atoms with van der Waals surface area (Å²) in [5.74, 6) is 0.122. The number of pyridine rings is 1. The van der Waals surface area contributed by atoms with E-state index < -0.39 is 0 Å². The minimum Gasteiger partial charge on any atom is -0.340 e. The van der Waals surface area contributed by atoms with Crippen LogP contribution in [0.15, 0.2) is 16.9 Å². The third-order valence-corrected chi connectivity index (χ3v) is 5.97. The maximum Gasteiger partial charge on any atom is 0.325 e. The van der Waals surface area contributed by atoms with Crippen molar-refractivity contribution in [2.45, 2.75) is 51.0 Å². The van der Waals surface area contributed by atoms with Gasteiger partial charge in [0.15, 0.2) is 5.65 Å². The number of nitrogens with zero attached hydrogens (tertiary/aromatic N) is 3. The van der Waals surface area contributed by atoms with Gasteiger partial charge >= 0.3 is 5.69 Å². The molecule has 2 aliphatic rings. The van der Waals surface area contributed by atoms with E-state index in [4.69, 9.17) is 0 Å². The molecule has 1 aliphatic heterocycles. The van der Waals surface area contributed by atoms with Crippen LogP contribution in [-0.2, 0) is 9.59 Å². The van der Waals surface area contributed by atoms with E-state index in [9.17, 15) is 14.4 Å². The highest BCUT2D eigenvalue weighted by atomic mass is 16.2. The molecule has 1 saturated heterocycles. The lowest BCUT2D eigenvalue weighted by Gasteiger charge is -2.40. The number of amides is 2. The van der Waals surface area contributed by atoms with Gasteiger partial charge in [0.2, 0.25) is 11.8 Å². The van der Waals surface area contributed by atoms with Crippen LogP contribution in [0.4, 0.5) is 5.82 Å². The molecule has 2 amide bonds. The third kappa shape index (κ3) is 4.84.